The molecule has 0 radical (unpaired) electrons. The van der Waals surface area contributed by atoms with Gasteiger partial charge in [-0.3, -0.25) is 4.90 Å². The smallest absolute Gasteiger partial charge is 0.238 e. The van der Waals surface area contributed by atoms with Gasteiger partial charge in [-0.15, -0.1) is 0 Å². The SMILES string of the molecule is Cc1cc(C)c(N(c2ccc(N(c3nc(-c4ccccc4)nc(-c4cc5ccccc5cc4-c4ccccc4)n3)c3cccc4ccccc34)cc2)c2c(C)cc(C)cc2C)c(C)c1. The van der Waals surface area contributed by atoms with Gasteiger partial charge in [0.2, 0.25) is 5.95 Å². The standard InChI is InChI=1S/C59H49N5/c1-38-32-40(3)55(41(4)33-38)64(56-42(5)34-39(2)35-43(56)6)50-30-28-49(29-31-50)63(54-27-17-25-44-20-15-16-26-51(44)54)59-61-57(46-21-11-8-12-22-46)60-58(62-59)53-37-48-24-14-13-23-47(48)36-52(53)45-18-9-7-10-19-45/h7-37H,1-6H3. The molecule has 0 saturated carbocycles. The van der Waals surface area contributed by atoms with Crippen LogP contribution in [0.5, 0.6) is 0 Å². The molecule has 0 spiro atoms. The van der Waals surface area contributed by atoms with Gasteiger partial charge in [-0.2, -0.15) is 9.97 Å². The minimum Gasteiger partial charge on any atom is -0.309 e. The van der Waals surface area contributed by atoms with Gasteiger partial charge in [-0.05, 0) is 134 Å². The monoisotopic (exact) mass is 827 g/mol. The Morgan fingerprint density at radius 3 is 1.38 bits per heavy atom. The Bertz CT molecular complexity index is 3230. The second-order valence-corrected chi connectivity index (χ2v) is 16.9. The topological polar surface area (TPSA) is 45.2 Å². The molecule has 0 saturated heterocycles. The van der Waals surface area contributed by atoms with E-state index in [2.05, 4.69) is 221 Å². The molecule has 0 aliphatic carbocycles. The fraction of sp³-hybridized carbons (Fsp3) is 0.102. The molecule has 64 heavy (non-hydrogen) atoms. The highest BCUT2D eigenvalue weighted by Crippen LogP contribution is 2.45. The number of fused-ring (bicyclic) bond motifs is 2. The quantitative estimate of drug-likeness (QED) is 0.145. The summed E-state index contributed by atoms with van der Waals surface area (Å²) in [5.41, 5.74) is 16.8. The number of aromatic nitrogens is 3. The maximum absolute atomic E-state index is 5.49. The largest absolute Gasteiger partial charge is 0.309 e. The average Bonchev–Trinajstić information content (AvgIpc) is 3.31. The van der Waals surface area contributed by atoms with Crippen LogP contribution in [0.3, 0.4) is 0 Å². The van der Waals surface area contributed by atoms with Crippen LogP contribution in [0.4, 0.5) is 34.4 Å². The first kappa shape index (κ1) is 40.2. The Balaban J connectivity index is 1.22. The Labute approximate surface area is 376 Å². The molecule has 10 rings (SSSR count). The van der Waals surface area contributed by atoms with Gasteiger partial charge >= 0.3 is 0 Å². The molecular formula is C59H49N5. The zero-order valence-electron chi connectivity index (χ0n) is 37.1. The van der Waals surface area contributed by atoms with Crippen molar-refractivity contribution in [3.63, 3.8) is 0 Å². The van der Waals surface area contributed by atoms with Crippen molar-refractivity contribution < 1.29 is 0 Å². The second-order valence-electron chi connectivity index (χ2n) is 16.9. The highest BCUT2D eigenvalue weighted by Gasteiger charge is 2.25. The molecular weight excluding hydrogens is 779 g/mol. The molecule has 0 amide bonds. The van der Waals surface area contributed by atoms with E-state index in [1.54, 1.807) is 0 Å². The van der Waals surface area contributed by atoms with Crippen LogP contribution >= 0.6 is 0 Å². The van der Waals surface area contributed by atoms with Crippen molar-refractivity contribution in [2.24, 2.45) is 0 Å². The summed E-state index contributed by atoms with van der Waals surface area (Å²) in [6.45, 7) is 13.2. The molecule has 9 aromatic carbocycles. The fourth-order valence-corrected chi connectivity index (χ4v) is 9.52. The minimum absolute atomic E-state index is 0.521. The van der Waals surface area contributed by atoms with E-state index in [0.29, 0.717) is 17.6 Å². The van der Waals surface area contributed by atoms with Crippen molar-refractivity contribution >= 4 is 55.9 Å². The lowest BCUT2D eigenvalue weighted by atomic mass is 9.95. The molecule has 10 aromatic rings. The third-order valence-electron chi connectivity index (χ3n) is 12.2. The van der Waals surface area contributed by atoms with Crippen molar-refractivity contribution in [2.75, 3.05) is 9.80 Å². The van der Waals surface area contributed by atoms with Gasteiger partial charge in [0.15, 0.2) is 11.6 Å². The number of aryl methyl sites for hydroxylation is 6. The van der Waals surface area contributed by atoms with Crippen molar-refractivity contribution in [2.45, 2.75) is 41.5 Å². The fourth-order valence-electron chi connectivity index (χ4n) is 9.52. The predicted octanol–water partition coefficient (Wildman–Crippen LogP) is 16.0. The Morgan fingerprint density at radius 1 is 0.344 bits per heavy atom. The van der Waals surface area contributed by atoms with Gasteiger partial charge in [-0.1, -0.05) is 157 Å². The molecule has 0 unspecified atom stereocenters. The Hall–Kier alpha value is -7.89. The van der Waals surface area contributed by atoms with E-state index in [0.717, 1.165) is 60.9 Å². The lowest BCUT2D eigenvalue weighted by molar-refractivity contribution is 1.02. The van der Waals surface area contributed by atoms with E-state index in [-0.39, 0.29) is 0 Å². The zero-order chi connectivity index (χ0) is 43.9. The molecule has 1 heterocycles. The van der Waals surface area contributed by atoms with Gasteiger partial charge in [0.1, 0.15) is 0 Å². The van der Waals surface area contributed by atoms with E-state index < -0.39 is 0 Å². The molecule has 0 bridgehead atoms. The van der Waals surface area contributed by atoms with Gasteiger partial charge in [-0.25, -0.2) is 4.98 Å². The molecule has 0 aliphatic heterocycles. The molecule has 0 fully saturated rings. The highest BCUT2D eigenvalue weighted by atomic mass is 15.3. The Morgan fingerprint density at radius 2 is 0.797 bits per heavy atom. The van der Waals surface area contributed by atoms with Crippen LogP contribution in [-0.2, 0) is 0 Å². The minimum atomic E-state index is 0.521. The van der Waals surface area contributed by atoms with Crippen LogP contribution in [0, 0.1) is 41.5 Å². The maximum atomic E-state index is 5.49. The van der Waals surface area contributed by atoms with Crippen molar-refractivity contribution in [1.82, 2.24) is 15.0 Å². The first-order valence-corrected chi connectivity index (χ1v) is 21.9. The second kappa shape index (κ2) is 16.8. The Kier molecular flexibility index (Phi) is 10.5. The van der Waals surface area contributed by atoms with E-state index in [4.69, 9.17) is 15.0 Å². The molecule has 310 valence electrons. The summed E-state index contributed by atoms with van der Waals surface area (Å²) in [6.07, 6.45) is 0. The van der Waals surface area contributed by atoms with E-state index >= 15 is 0 Å². The summed E-state index contributed by atoms with van der Waals surface area (Å²) in [4.78, 5) is 20.8. The molecule has 0 aliphatic rings. The number of anilines is 6. The van der Waals surface area contributed by atoms with Gasteiger partial charge in [0.25, 0.3) is 0 Å². The normalized spacial score (nSPS) is 11.3. The van der Waals surface area contributed by atoms with Crippen molar-refractivity contribution in [3.05, 3.63) is 221 Å². The number of benzene rings is 9. The maximum Gasteiger partial charge on any atom is 0.238 e. The van der Waals surface area contributed by atoms with Gasteiger partial charge in [0, 0.05) is 27.9 Å². The summed E-state index contributed by atoms with van der Waals surface area (Å²) in [7, 11) is 0. The average molecular weight is 828 g/mol. The van der Waals surface area contributed by atoms with Gasteiger partial charge < -0.3 is 4.90 Å². The predicted molar refractivity (Wildman–Crippen MR) is 269 cm³/mol. The summed E-state index contributed by atoms with van der Waals surface area (Å²) < 4.78 is 0. The van der Waals surface area contributed by atoms with Gasteiger partial charge in [0.05, 0.1) is 17.1 Å². The number of hydrogen-bond acceptors (Lipinski definition) is 5. The third-order valence-corrected chi connectivity index (χ3v) is 12.2. The molecule has 5 nitrogen and oxygen atoms in total. The number of hydrogen-bond donors (Lipinski definition) is 0. The van der Waals surface area contributed by atoms with Crippen LogP contribution in [0.15, 0.2) is 188 Å². The van der Waals surface area contributed by atoms with Crippen molar-refractivity contribution in [3.8, 4) is 33.9 Å². The summed E-state index contributed by atoms with van der Waals surface area (Å²) >= 11 is 0. The van der Waals surface area contributed by atoms with Crippen molar-refractivity contribution in [1.29, 1.82) is 0 Å². The summed E-state index contributed by atoms with van der Waals surface area (Å²) in [5, 5.41) is 4.49. The highest BCUT2D eigenvalue weighted by molar-refractivity contribution is 5.99. The lowest BCUT2D eigenvalue weighted by Gasteiger charge is -2.32. The third kappa shape index (κ3) is 7.56. The van der Waals surface area contributed by atoms with Crippen LogP contribution in [0.25, 0.3) is 55.4 Å². The lowest BCUT2D eigenvalue weighted by Crippen LogP contribution is -2.17. The summed E-state index contributed by atoms with van der Waals surface area (Å²) in [5.74, 6) is 1.71. The number of nitrogens with zero attached hydrogens (tertiary/aromatic N) is 5. The van der Waals surface area contributed by atoms with Crippen LogP contribution in [-0.4, -0.2) is 15.0 Å². The number of rotatable bonds is 9. The molecule has 0 N–H and O–H groups in total. The zero-order valence-corrected chi connectivity index (χ0v) is 37.1. The van der Waals surface area contributed by atoms with E-state index in [1.807, 2.05) is 18.2 Å². The first-order valence-electron chi connectivity index (χ1n) is 21.9. The molecule has 1 aromatic heterocycles. The van der Waals surface area contributed by atoms with E-state index in [1.165, 1.54) is 44.8 Å². The molecule has 0 atom stereocenters. The van der Waals surface area contributed by atoms with Crippen LogP contribution < -0.4 is 9.80 Å². The first-order chi connectivity index (χ1) is 31.2. The molecule has 5 heteroatoms. The van der Waals surface area contributed by atoms with E-state index in [9.17, 15) is 0 Å². The summed E-state index contributed by atoms with van der Waals surface area (Å²) in [6, 6.07) is 66.7. The van der Waals surface area contributed by atoms with Crippen LogP contribution in [0.2, 0.25) is 0 Å². The van der Waals surface area contributed by atoms with Crippen LogP contribution in [0.1, 0.15) is 33.4 Å².